The van der Waals surface area contributed by atoms with E-state index in [9.17, 15) is 5.11 Å². The van der Waals surface area contributed by atoms with Crippen molar-refractivity contribution in [2.45, 2.75) is 53.6 Å². The molecule has 1 N–H and O–H groups in total. The summed E-state index contributed by atoms with van der Waals surface area (Å²) in [7, 11) is 0. The van der Waals surface area contributed by atoms with Crippen LogP contribution < -0.4 is 0 Å². The topological polar surface area (TPSA) is 20.2 Å². The van der Waals surface area contributed by atoms with E-state index in [2.05, 4.69) is 46.8 Å². The molecule has 0 aromatic heterocycles. The quantitative estimate of drug-likeness (QED) is 0.719. The lowest BCUT2D eigenvalue weighted by molar-refractivity contribution is 0.0225. The Labute approximate surface area is 101 Å². The van der Waals surface area contributed by atoms with E-state index in [-0.39, 0.29) is 6.10 Å². The summed E-state index contributed by atoms with van der Waals surface area (Å²) in [6.07, 6.45) is 6.62. The van der Waals surface area contributed by atoms with Crippen LogP contribution in [0.15, 0.2) is 12.2 Å². The molecule has 0 bridgehead atoms. The molecule has 1 nitrogen and oxygen atoms in total. The smallest absolute Gasteiger partial charge is 0.0574 e. The molecule has 0 amide bonds. The maximum atomic E-state index is 10.2. The zero-order valence-electron chi connectivity index (χ0n) is 11.5. The largest absolute Gasteiger partial charge is 0.393 e. The lowest BCUT2D eigenvalue weighted by atomic mass is 9.66. The highest BCUT2D eigenvalue weighted by molar-refractivity contribution is 5.04. The van der Waals surface area contributed by atoms with E-state index >= 15 is 0 Å². The van der Waals surface area contributed by atoms with Crippen LogP contribution in [0.4, 0.5) is 0 Å². The molecule has 0 heterocycles. The Morgan fingerprint density at radius 3 is 2.19 bits per heavy atom. The first-order valence-electron chi connectivity index (χ1n) is 6.83. The molecule has 5 unspecified atom stereocenters. The van der Waals surface area contributed by atoms with Crippen molar-refractivity contribution in [1.29, 1.82) is 0 Å². The third kappa shape index (κ3) is 3.10. The number of aliphatic hydroxyl groups excluding tert-OH is 1. The molecular formula is C15H28O. The molecule has 1 heteroatoms. The number of allylic oxidation sites excluding steroid dienone is 2. The first kappa shape index (κ1) is 13.8. The van der Waals surface area contributed by atoms with Crippen molar-refractivity contribution in [3.05, 3.63) is 12.2 Å². The molecule has 0 saturated carbocycles. The Hall–Kier alpha value is -0.300. The summed E-state index contributed by atoms with van der Waals surface area (Å²) in [4.78, 5) is 0. The van der Waals surface area contributed by atoms with Crippen molar-refractivity contribution < 1.29 is 5.11 Å². The highest BCUT2D eigenvalue weighted by Crippen LogP contribution is 2.40. The van der Waals surface area contributed by atoms with Gasteiger partial charge in [0.25, 0.3) is 0 Å². The lowest BCUT2D eigenvalue weighted by Crippen LogP contribution is -2.38. The molecule has 5 atom stereocenters. The van der Waals surface area contributed by atoms with Gasteiger partial charge in [-0.1, -0.05) is 46.8 Å². The highest BCUT2D eigenvalue weighted by Gasteiger charge is 2.36. The van der Waals surface area contributed by atoms with Crippen LogP contribution in [0.1, 0.15) is 47.5 Å². The van der Waals surface area contributed by atoms with E-state index in [1.165, 1.54) is 6.42 Å². The van der Waals surface area contributed by atoms with Crippen LogP contribution in [0, 0.1) is 29.6 Å². The number of rotatable bonds is 4. The molecule has 0 spiro atoms. The third-order valence-electron chi connectivity index (χ3n) is 4.10. The van der Waals surface area contributed by atoms with E-state index in [1.807, 2.05) is 0 Å². The van der Waals surface area contributed by atoms with Gasteiger partial charge in [0.2, 0.25) is 0 Å². The fraction of sp³-hybridized carbons (Fsp3) is 0.867. The van der Waals surface area contributed by atoms with Gasteiger partial charge in [0.15, 0.2) is 0 Å². The highest BCUT2D eigenvalue weighted by atomic mass is 16.3. The van der Waals surface area contributed by atoms with Crippen molar-refractivity contribution in [3.8, 4) is 0 Å². The predicted octanol–water partition coefficient (Wildman–Crippen LogP) is 3.88. The van der Waals surface area contributed by atoms with E-state index < -0.39 is 0 Å². The molecule has 0 radical (unpaired) electrons. The van der Waals surface area contributed by atoms with Crippen LogP contribution in [0.3, 0.4) is 0 Å². The molecule has 0 fully saturated rings. The Kier molecular flexibility index (Phi) is 5.04. The average molecular weight is 224 g/mol. The average Bonchev–Trinajstić information content (AvgIpc) is 2.22. The summed E-state index contributed by atoms with van der Waals surface area (Å²) in [5, 5.41) is 10.2. The zero-order valence-corrected chi connectivity index (χ0v) is 11.5. The molecule has 94 valence electrons. The monoisotopic (exact) mass is 224 g/mol. The Bertz CT molecular complexity index is 232. The maximum absolute atomic E-state index is 10.2. The van der Waals surface area contributed by atoms with Gasteiger partial charge in [0, 0.05) is 0 Å². The van der Waals surface area contributed by atoms with Crippen LogP contribution >= 0.6 is 0 Å². The van der Waals surface area contributed by atoms with Gasteiger partial charge < -0.3 is 5.11 Å². The summed E-state index contributed by atoms with van der Waals surface area (Å²) < 4.78 is 0. The van der Waals surface area contributed by atoms with E-state index in [4.69, 9.17) is 0 Å². The molecule has 16 heavy (non-hydrogen) atoms. The maximum Gasteiger partial charge on any atom is 0.0574 e. The van der Waals surface area contributed by atoms with Crippen molar-refractivity contribution in [1.82, 2.24) is 0 Å². The van der Waals surface area contributed by atoms with Gasteiger partial charge in [-0.15, -0.1) is 0 Å². The molecule has 1 rings (SSSR count). The summed E-state index contributed by atoms with van der Waals surface area (Å²) >= 11 is 0. The van der Waals surface area contributed by atoms with Crippen LogP contribution in [-0.2, 0) is 0 Å². The van der Waals surface area contributed by atoms with Gasteiger partial charge in [-0.05, 0) is 42.4 Å². The number of hydrogen-bond donors (Lipinski definition) is 1. The summed E-state index contributed by atoms with van der Waals surface area (Å²) in [6, 6.07) is 0. The zero-order chi connectivity index (χ0) is 12.3. The van der Waals surface area contributed by atoms with Crippen LogP contribution in [0.2, 0.25) is 0 Å². The van der Waals surface area contributed by atoms with Crippen LogP contribution in [0.5, 0.6) is 0 Å². The Morgan fingerprint density at radius 2 is 1.69 bits per heavy atom. The fourth-order valence-corrected chi connectivity index (χ4v) is 3.19. The molecule has 0 aromatic carbocycles. The molecule has 1 aliphatic carbocycles. The van der Waals surface area contributed by atoms with E-state index in [0.29, 0.717) is 23.7 Å². The summed E-state index contributed by atoms with van der Waals surface area (Å²) in [5.74, 6) is 2.96. The van der Waals surface area contributed by atoms with Crippen molar-refractivity contribution in [2.24, 2.45) is 29.6 Å². The number of aliphatic hydroxyl groups is 1. The van der Waals surface area contributed by atoms with Gasteiger partial charge in [0.1, 0.15) is 0 Å². The first-order valence-corrected chi connectivity index (χ1v) is 6.83. The second-order valence-corrected chi connectivity index (χ2v) is 5.95. The fourth-order valence-electron chi connectivity index (χ4n) is 3.19. The van der Waals surface area contributed by atoms with E-state index in [0.717, 1.165) is 12.3 Å². The molecular weight excluding hydrogens is 196 g/mol. The van der Waals surface area contributed by atoms with Gasteiger partial charge in [0.05, 0.1) is 6.10 Å². The minimum absolute atomic E-state index is 0.133. The minimum atomic E-state index is -0.133. The van der Waals surface area contributed by atoms with Crippen molar-refractivity contribution in [3.63, 3.8) is 0 Å². The van der Waals surface area contributed by atoms with Crippen molar-refractivity contribution >= 4 is 0 Å². The Balaban J connectivity index is 2.84. The van der Waals surface area contributed by atoms with E-state index in [1.54, 1.807) is 0 Å². The predicted molar refractivity (Wildman–Crippen MR) is 70.2 cm³/mol. The normalized spacial score (nSPS) is 36.7. The summed E-state index contributed by atoms with van der Waals surface area (Å²) in [6.45, 7) is 11.2. The molecule has 1 aliphatic rings. The minimum Gasteiger partial charge on any atom is -0.393 e. The van der Waals surface area contributed by atoms with Crippen LogP contribution in [-0.4, -0.2) is 11.2 Å². The third-order valence-corrected chi connectivity index (χ3v) is 4.10. The molecule has 0 aromatic rings. The standard InChI is InChI=1S/C15H28O/c1-6-14(16)15-12(5)8-7-11(4)13(15)9-10(2)3/h7-8,10-16H,6,9H2,1-5H3. The summed E-state index contributed by atoms with van der Waals surface area (Å²) in [5.41, 5.74) is 0. The molecule has 0 saturated heterocycles. The second kappa shape index (κ2) is 5.86. The lowest BCUT2D eigenvalue weighted by Gasteiger charge is -2.40. The first-order chi connectivity index (χ1) is 7.47. The SMILES string of the molecule is CCC(O)C1C(C)C=CC(C)C1CC(C)C. The van der Waals surface area contributed by atoms with Gasteiger partial charge in [-0.25, -0.2) is 0 Å². The second-order valence-electron chi connectivity index (χ2n) is 5.95. The van der Waals surface area contributed by atoms with Crippen LogP contribution in [0.25, 0.3) is 0 Å². The van der Waals surface area contributed by atoms with Gasteiger partial charge in [-0.3, -0.25) is 0 Å². The van der Waals surface area contributed by atoms with Gasteiger partial charge >= 0.3 is 0 Å². The van der Waals surface area contributed by atoms with Crippen molar-refractivity contribution in [2.75, 3.05) is 0 Å². The Morgan fingerprint density at radius 1 is 1.12 bits per heavy atom. The number of hydrogen-bond acceptors (Lipinski definition) is 1. The van der Waals surface area contributed by atoms with Gasteiger partial charge in [-0.2, -0.15) is 0 Å². The molecule has 0 aliphatic heterocycles.